The number of fused-ring (bicyclic) bond motifs is 1. The van der Waals surface area contributed by atoms with Crippen LogP contribution in [0.4, 0.5) is 5.95 Å². The van der Waals surface area contributed by atoms with Gasteiger partial charge in [-0.25, -0.2) is 13.4 Å². The fraction of sp³-hybridized carbons (Fsp3) is 0.125. The SMILES string of the molecule is CCS(=O)(=O)c1ccc(C(=O)Nc2nc3ccccc3[nH]2)cc1. The molecule has 3 rings (SSSR count). The highest BCUT2D eigenvalue weighted by Gasteiger charge is 2.13. The minimum Gasteiger partial charge on any atom is -0.324 e. The smallest absolute Gasteiger partial charge is 0.257 e. The third kappa shape index (κ3) is 3.09. The van der Waals surface area contributed by atoms with E-state index in [4.69, 9.17) is 0 Å². The Bertz CT molecular complexity index is 927. The van der Waals surface area contributed by atoms with Gasteiger partial charge in [0.05, 0.1) is 21.7 Å². The van der Waals surface area contributed by atoms with Gasteiger partial charge in [0.15, 0.2) is 9.84 Å². The fourth-order valence-corrected chi connectivity index (χ4v) is 3.06. The maximum absolute atomic E-state index is 12.2. The zero-order chi connectivity index (χ0) is 16.4. The van der Waals surface area contributed by atoms with Crippen molar-refractivity contribution in [1.29, 1.82) is 0 Å². The van der Waals surface area contributed by atoms with Crippen LogP contribution in [-0.4, -0.2) is 30.0 Å². The lowest BCUT2D eigenvalue weighted by Gasteiger charge is -2.04. The van der Waals surface area contributed by atoms with Crippen LogP contribution in [0.15, 0.2) is 53.4 Å². The van der Waals surface area contributed by atoms with Crippen molar-refractivity contribution in [2.24, 2.45) is 0 Å². The van der Waals surface area contributed by atoms with Gasteiger partial charge in [0.1, 0.15) is 0 Å². The number of sulfone groups is 1. The highest BCUT2D eigenvalue weighted by molar-refractivity contribution is 7.91. The molecule has 3 aromatic rings. The molecule has 0 aliphatic rings. The number of H-pyrrole nitrogens is 1. The summed E-state index contributed by atoms with van der Waals surface area (Å²) in [5, 5.41) is 2.66. The summed E-state index contributed by atoms with van der Waals surface area (Å²) in [6.07, 6.45) is 0. The summed E-state index contributed by atoms with van der Waals surface area (Å²) in [6, 6.07) is 13.3. The van der Waals surface area contributed by atoms with Gasteiger partial charge in [0, 0.05) is 5.56 Å². The number of hydrogen-bond acceptors (Lipinski definition) is 4. The number of nitrogens with zero attached hydrogens (tertiary/aromatic N) is 1. The van der Waals surface area contributed by atoms with Crippen LogP contribution in [0.5, 0.6) is 0 Å². The molecule has 1 aromatic heterocycles. The maximum Gasteiger partial charge on any atom is 0.257 e. The van der Waals surface area contributed by atoms with E-state index >= 15 is 0 Å². The largest absolute Gasteiger partial charge is 0.324 e. The second-order valence-electron chi connectivity index (χ2n) is 4.98. The first-order valence-corrected chi connectivity index (χ1v) is 8.74. The Labute approximate surface area is 133 Å². The Morgan fingerprint density at radius 2 is 1.83 bits per heavy atom. The highest BCUT2D eigenvalue weighted by Crippen LogP contribution is 2.16. The number of anilines is 1. The zero-order valence-electron chi connectivity index (χ0n) is 12.4. The summed E-state index contributed by atoms with van der Waals surface area (Å²) in [5.41, 5.74) is 1.94. The van der Waals surface area contributed by atoms with Crippen LogP contribution in [0.1, 0.15) is 17.3 Å². The first kappa shape index (κ1) is 15.2. The molecule has 0 aliphatic heterocycles. The normalized spacial score (nSPS) is 11.5. The lowest BCUT2D eigenvalue weighted by atomic mass is 10.2. The van der Waals surface area contributed by atoms with E-state index in [9.17, 15) is 13.2 Å². The minimum absolute atomic E-state index is 0.0253. The molecule has 0 saturated heterocycles. The van der Waals surface area contributed by atoms with Crippen LogP contribution in [0.25, 0.3) is 11.0 Å². The molecular formula is C16H15N3O3S. The van der Waals surface area contributed by atoms with Gasteiger partial charge in [0.25, 0.3) is 5.91 Å². The minimum atomic E-state index is -3.27. The van der Waals surface area contributed by atoms with Crippen molar-refractivity contribution in [1.82, 2.24) is 9.97 Å². The van der Waals surface area contributed by atoms with Crippen LogP contribution in [-0.2, 0) is 9.84 Å². The quantitative estimate of drug-likeness (QED) is 0.769. The molecule has 23 heavy (non-hydrogen) atoms. The summed E-state index contributed by atoms with van der Waals surface area (Å²) in [4.78, 5) is 19.7. The monoisotopic (exact) mass is 329 g/mol. The predicted molar refractivity (Wildman–Crippen MR) is 88.2 cm³/mol. The Morgan fingerprint density at radius 3 is 2.48 bits per heavy atom. The Balaban J connectivity index is 1.80. The second kappa shape index (κ2) is 5.85. The third-order valence-corrected chi connectivity index (χ3v) is 5.23. The number of para-hydroxylation sites is 2. The molecule has 0 unspecified atom stereocenters. The molecule has 118 valence electrons. The van der Waals surface area contributed by atoms with Crippen molar-refractivity contribution in [3.8, 4) is 0 Å². The molecule has 0 bridgehead atoms. The Kier molecular flexibility index (Phi) is 3.87. The van der Waals surface area contributed by atoms with Crippen LogP contribution in [0, 0.1) is 0 Å². The summed E-state index contributed by atoms with van der Waals surface area (Å²) in [6.45, 7) is 1.58. The molecule has 0 saturated carbocycles. The van der Waals surface area contributed by atoms with Gasteiger partial charge in [0.2, 0.25) is 5.95 Å². The first-order chi connectivity index (χ1) is 11.0. The molecular weight excluding hydrogens is 314 g/mol. The van der Waals surface area contributed by atoms with Gasteiger partial charge in [-0.1, -0.05) is 19.1 Å². The van der Waals surface area contributed by atoms with Crippen LogP contribution in [0.2, 0.25) is 0 Å². The standard InChI is InChI=1S/C16H15N3O3S/c1-2-23(21,22)12-9-7-11(8-10-12)15(20)19-16-17-13-5-3-4-6-14(13)18-16/h3-10H,2H2,1H3,(H2,17,18,19,20). The third-order valence-electron chi connectivity index (χ3n) is 3.48. The van der Waals surface area contributed by atoms with E-state index in [1.807, 2.05) is 24.3 Å². The van der Waals surface area contributed by atoms with Gasteiger partial charge in [-0.3, -0.25) is 10.1 Å². The number of hydrogen-bond donors (Lipinski definition) is 2. The lowest BCUT2D eigenvalue weighted by Crippen LogP contribution is -2.13. The topological polar surface area (TPSA) is 91.9 Å². The molecule has 0 spiro atoms. The summed E-state index contributed by atoms with van der Waals surface area (Å²) >= 11 is 0. The number of rotatable bonds is 4. The predicted octanol–water partition coefficient (Wildman–Crippen LogP) is 2.61. The number of aromatic amines is 1. The molecule has 2 N–H and O–H groups in total. The van der Waals surface area contributed by atoms with Crippen molar-refractivity contribution in [2.75, 3.05) is 11.1 Å². The average Bonchev–Trinajstić information content (AvgIpc) is 2.97. The number of carbonyl (C=O) groups is 1. The number of aromatic nitrogens is 2. The molecule has 1 heterocycles. The van der Waals surface area contributed by atoms with E-state index in [1.54, 1.807) is 6.92 Å². The van der Waals surface area contributed by atoms with Gasteiger partial charge in [-0.15, -0.1) is 0 Å². The van der Waals surface area contributed by atoms with Crippen LogP contribution >= 0.6 is 0 Å². The van der Waals surface area contributed by atoms with E-state index in [0.29, 0.717) is 11.5 Å². The molecule has 0 aliphatic carbocycles. The average molecular weight is 329 g/mol. The molecule has 6 nitrogen and oxygen atoms in total. The first-order valence-electron chi connectivity index (χ1n) is 7.08. The van der Waals surface area contributed by atoms with Crippen molar-refractivity contribution < 1.29 is 13.2 Å². The van der Waals surface area contributed by atoms with Crippen LogP contribution < -0.4 is 5.32 Å². The lowest BCUT2D eigenvalue weighted by molar-refractivity contribution is 0.102. The number of carbonyl (C=O) groups excluding carboxylic acids is 1. The van der Waals surface area contributed by atoms with Gasteiger partial charge in [-0.05, 0) is 36.4 Å². The molecule has 1 amide bonds. The zero-order valence-corrected chi connectivity index (χ0v) is 13.2. The van der Waals surface area contributed by atoms with E-state index < -0.39 is 9.84 Å². The van der Waals surface area contributed by atoms with E-state index in [1.165, 1.54) is 24.3 Å². The fourth-order valence-electron chi connectivity index (χ4n) is 2.17. The molecule has 0 atom stereocenters. The van der Waals surface area contributed by atoms with Crippen molar-refractivity contribution >= 4 is 32.7 Å². The van der Waals surface area contributed by atoms with Crippen molar-refractivity contribution in [2.45, 2.75) is 11.8 Å². The number of amides is 1. The van der Waals surface area contributed by atoms with E-state index in [0.717, 1.165) is 11.0 Å². The van der Waals surface area contributed by atoms with Crippen molar-refractivity contribution in [3.63, 3.8) is 0 Å². The van der Waals surface area contributed by atoms with E-state index in [-0.39, 0.29) is 16.6 Å². The van der Waals surface area contributed by atoms with Gasteiger partial charge >= 0.3 is 0 Å². The maximum atomic E-state index is 12.2. The Morgan fingerprint density at radius 1 is 1.13 bits per heavy atom. The van der Waals surface area contributed by atoms with E-state index in [2.05, 4.69) is 15.3 Å². The highest BCUT2D eigenvalue weighted by atomic mass is 32.2. The number of benzene rings is 2. The molecule has 0 radical (unpaired) electrons. The second-order valence-corrected chi connectivity index (χ2v) is 7.26. The van der Waals surface area contributed by atoms with Gasteiger partial charge in [-0.2, -0.15) is 0 Å². The molecule has 2 aromatic carbocycles. The number of imidazole rings is 1. The van der Waals surface area contributed by atoms with Crippen molar-refractivity contribution in [3.05, 3.63) is 54.1 Å². The number of nitrogens with one attached hydrogen (secondary N) is 2. The van der Waals surface area contributed by atoms with Gasteiger partial charge < -0.3 is 4.98 Å². The Hall–Kier alpha value is -2.67. The molecule has 0 fully saturated rings. The molecule has 7 heteroatoms. The summed E-state index contributed by atoms with van der Waals surface area (Å²) in [7, 11) is -3.27. The summed E-state index contributed by atoms with van der Waals surface area (Å²) in [5.74, 6) is 0.0170. The van der Waals surface area contributed by atoms with Crippen LogP contribution in [0.3, 0.4) is 0 Å². The summed E-state index contributed by atoms with van der Waals surface area (Å²) < 4.78 is 23.5.